The number of hydrogen-bond donors (Lipinski definition) is 3. The smallest absolute Gasteiger partial charge is 0.319 e. The maximum atomic E-state index is 12.0. The Kier molecular flexibility index (Phi) is 4.94. The van der Waals surface area contributed by atoms with Gasteiger partial charge in [-0.3, -0.25) is 0 Å². The lowest BCUT2D eigenvalue weighted by atomic mass is 10.1. The van der Waals surface area contributed by atoms with E-state index in [1.54, 1.807) is 24.3 Å². The van der Waals surface area contributed by atoms with Crippen LogP contribution in [0.3, 0.4) is 0 Å². The number of hydrogen-bond acceptors (Lipinski definition) is 2. The lowest BCUT2D eigenvalue weighted by Crippen LogP contribution is -2.31. The fraction of sp³-hybridized carbons (Fsp3) is 0.133. The van der Waals surface area contributed by atoms with Gasteiger partial charge in [-0.05, 0) is 42.8 Å². The first-order valence-corrected chi connectivity index (χ1v) is 7.08. The first-order valence-electron chi connectivity index (χ1n) is 6.33. The minimum absolute atomic E-state index is 0.178. The number of nitrogens with one attached hydrogen (secondary N) is 2. The molecule has 2 rings (SSSR count). The molecule has 2 aromatic rings. The highest BCUT2D eigenvalue weighted by molar-refractivity contribution is 6.35. The zero-order valence-electron chi connectivity index (χ0n) is 11.4. The van der Waals surface area contributed by atoms with Crippen LogP contribution in [-0.2, 0) is 0 Å². The number of halogens is 2. The normalized spacial score (nSPS) is 11.8. The van der Waals surface area contributed by atoms with Crippen molar-refractivity contribution < 1.29 is 4.79 Å². The van der Waals surface area contributed by atoms with Gasteiger partial charge >= 0.3 is 6.03 Å². The molecule has 0 aliphatic carbocycles. The summed E-state index contributed by atoms with van der Waals surface area (Å²) >= 11 is 11.8. The molecule has 0 aliphatic rings. The standard InChI is InChI=1S/C15H15Cl2N3O/c1-9(10-3-2-4-13(18)5-10)19-15(21)20-14-7-11(16)6-12(17)8-14/h2-9H,18H2,1H3,(H2,19,20,21). The highest BCUT2D eigenvalue weighted by Crippen LogP contribution is 2.22. The van der Waals surface area contributed by atoms with E-state index in [4.69, 9.17) is 28.9 Å². The number of benzene rings is 2. The Morgan fingerprint density at radius 2 is 1.81 bits per heavy atom. The third-order valence-corrected chi connectivity index (χ3v) is 3.32. The quantitative estimate of drug-likeness (QED) is 0.730. The molecule has 2 amide bonds. The third-order valence-electron chi connectivity index (χ3n) is 2.88. The number of carbonyl (C=O) groups is 1. The molecule has 110 valence electrons. The minimum atomic E-state index is -0.344. The molecule has 0 fully saturated rings. The summed E-state index contributed by atoms with van der Waals surface area (Å²) in [6, 6.07) is 11.7. The van der Waals surface area contributed by atoms with Gasteiger partial charge in [0.05, 0.1) is 6.04 Å². The zero-order chi connectivity index (χ0) is 15.4. The van der Waals surface area contributed by atoms with E-state index < -0.39 is 0 Å². The molecule has 0 heterocycles. The summed E-state index contributed by atoms with van der Waals surface area (Å²) in [6.07, 6.45) is 0. The van der Waals surface area contributed by atoms with Crippen LogP contribution in [0.15, 0.2) is 42.5 Å². The Balaban J connectivity index is 2.01. The molecule has 4 N–H and O–H groups in total. The van der Waals surface area contributed by atoms with Crippen LogP contribution in [0.5, 0.6) is 0 Å². The molecule has 2 aromatic carbocycles. The van der Waals surface area contributed by atoms with Gasteiger partial charge < -0.3 is 16.4 Å². The van der Waals surface area contributed by atoms with Crippen molar-refractivity contribution >= 4 is 40.6 Å². The Labute approximate surface area is 133 Å². The molecule has 0 radical (unpaired) electrons. The molecule has 0 spiro atoms. The van der Waals surface area contributed by atoms with Crippen molar-refractivity contribution in [3.8, 4) is 0 Å². The van der Waals surface area contributed by atoms with Crippen molar-refractivity contribution in [1.29, 1.82) is 0 Å². The van der Waals surface area contributed by atoms with Gasteiger partial charge in [0, 0.05) is 21.4 Å². The average Bonchev–Trinajstić information content (AvgIpc) is 2.37. The molecule has 21 heavy (non-hydrogen) atoms. The predicted molar refractivity (Wildman–Crippen MR) is 87.9 cm³/mol. The first kappa shape index (κ1) is 15.5. The fourth-order valence-corrected chi connectivity index (χ4v) is 2.43. The Bertz CT molecular complexity index is 641. The second kappa shape index (κ2) is 6.70. The molecule has 4 nitrogen and oxygen atoms in total. The summed E-state index contributed by atoms with van der Waals surface area (Å²) < 4.78 is 0. The average molecular weight is 324 g/mol. The molecule has 1 unspecified atom stereocenters. The van der Waals surface area contributed by atoms with E-state index in [2.05, 4.69) is 10.6 Å². The second-order valence-electron chi connectivity index (χ2n) is 4.65. The fourth-order valence-electron chi connectivity index (χ4n) is 1.90. The number of anilines is 2. The first-order chi connectivity index (χ1) is 9.94. The minimum Gasteiger partial charge on any atom is -0.399 e. The van der Waals surface area contributed by atoms with Gasteiger partial charge in [0.1, 0.15) is 0 Å². The van der Waals surface area contributed by atoms with Crippen LogP contribution in [0.2, 0.25) is 10.0 Å². The molecular weight excluding hydrogens is 309 g/mol. The molecule has 0 saturated carbocycles. The van der Waals surface area contributed by atoms with E-state index in [0.29, 0.717) is 21.4 Å². The van der Waals surface area contributed by atoms with Crippen LogP contribution in [0.1, 0.15) is 18.5 Å². The molecular formula is C15H15Cl2N3O. The second-order valence-corrected chi connectivity index (χ2v) is 5.52. The Morgan fingerprint density at radius 1 is 1.14 bits per heavy atom. The number of carbonyl (C=O) groups excluding carboxylic acids is 1. The molecule has 6 heteroatoms. The number of nitrogen functional groups attached to an aromatic ring is 1. The lowest BCUT2D eigenvalue weighted by Gasteiger charge is -2.15. The van der Waals surface area contributed by atoms with Crippen LogP contribution in [-0.4, -0.2) is 6.03 Å². The van der Waals surface area contributed by atoms with E-state index in [1.165, 1.54) is 0 Å². The Hall–Kier alpha value is -1.91. The molecule has 1 atom stereocenters. The third kappa shape index (κ3) is 4.55. The lowest BCUT2D eigenvalue weighted by molar-refractivity contribution is 0.249. The van der Waals surface area contributed by atoms with Crippen molar-refractivity contribution in [2.24, 2.45) is 0 Å². The number of rotatable bonds is 3. The molecule has 0 saturated heterocycles. The number of urea groups is 1. The van der Waals surface area contributed by atoms with E-state index in [-0.39, 0.29) is 12.1 Å². The Morgan fingerprint density at radius 3 is 2.43 bits per heavy atom. The summed E-state index contributed by atoms with van der Waals surface area (Å²) in [5.74, 6) is 0. The van der Waals surface area contributed by atoms with Crippen LogP contribution < -0.4 is 16.4 Å². The SMILES string of the molecule is CC(NC(=O)Nc1cc(Cl)cc(Cl)c1)c1cccc(N)c1. The van der Waals surface area contributed by atoms with Gasteiger partial charge in [0.2, 0.25) is 0 Å². The van der Waals surface area contributed by atoms with Crippen LogP contribution >= 0.6 is 23.2 Å². The van der Waals surface area contributed by atoms with Crippen LogP contribution in [0.25, 0.3) is 0 Å². The van der Waals surface area contributed by atoms with Crippen molar-refractivity contribution in [3.63, 3.8) is 0 Å². The van der Waals surface area contributed by atoms with Gasteiger partial charge in [-0.15, -0.1) is 0 Å². The molecule has 0 aromatic heterocycles. The molecule has 0 bridgehead atoms. The maximum absolute atomic E-state index is 12.0. The maximum Gasteiger partial charge on any atom is 0.319 e. The largest absolute Gasteiger partial charge is 0.399 e. The van der Waals surface area contributed by atoms with Crippen molar-refractivity contribution in [1.82, 2.24) is 5.32 Å². The highest BCUT2D eigenvalue weighted by Gasteiger charge is 2.10. The van der Waals surface area contributed by atoms with Gasteiger partial charge in [0.15, 0.2) is 0 Å². The monoisotopic (exact) mass is 323 g/mol. The molecule has 0 aliphatic heterocycles. The predicted octanol–water partition coefficient (Wildman–Crippen LogP) is 4.46. The van der Waals surface area contributed by atoms with Crippen LogP contribution in [0.4, 0.5) is 16.2 Å². The zero-order valence-corrected chi connectivity index (χ0v) is 12.9. The summed E-state index contributed by atoms with van der Waals surface area (Å²) in [5.41, 5.74) is 7.84. The van der Waals surface area contributed by atoms with Gasteiger partial charge in [-0.2, -0.15) is 0 Å². The van der Waals surface area contributed by atoms with Gasteiger partial charge in [0.25, 0.3) is 0 Å². The summed E-state index contributed by atoms with van der Waals surface area (Å²) in [6.45, 7) is 1.87. The van der Waals surface area contributed by atoms with Gasteiger partial charge in [-0.25, -0.2) is 4.79 Å². The van der Waals surface area contributed by atoms with E-state index in [0.717, 1.165) is 5.56 Å². The summed E-state index contributed by atoms with van der Waals surface area (Å²) in [5, 5.41) is 6.43. The number of amides is 2. The van der Waals surface area contributed by atoms with Gasteiger partial charge in [-0.1, -0.05) is 35.3 Å². The highest BCUT2D eigenvalue weighted by atomic mass is 35.5. The number of nitrogens with two attached hydrogens (primary N) is 1. The van der Waals surface area contributed by atoms with E-state index >= 15 is 0 Å². The van der Waals surface area contributed by atoms with Crippen molar-refractivity contribution in [3.05, 3.63) is 58.1 Å². The summed E-state index contributed by atoms with van der Waals surface area (Å²) in [7, 11) is 0. The van der Waals surface area contributed by atoms with Crippen LogP contribution in [0, 0.1) is 0 Å². The summed E-state index contributed by atoms with van der Waals surface area (Å²) in [4.78, 5) is 12.0. The van der Waals surface area contributed by atoms with Crippen molar-refractivity contribution in [2.45, 2.75) is 13.0 Å². The van der Waals surface area contributed by atoms with Crippen molar-refractivity contribution in [2.75, 3.05) is 11.1 Å². The van der Waals surface area contributed by atoms with E-state index in [9.17, 15) is 4.79 Å². The van der Waals surface area contributed by atoms with E-state index in [1.807, 2.05) is 25.1 Å². The topological polar surface area (TPSA) is 67.2 Å².